The van der Waals surface area contributed by atoms with Gasteiger partial charge in [0.2, 0.25) is 10.0 Å². The summed E-state index contributed by atoms with van der Waals surface area (Å²) in [6.07, 6.45) is -4.32. The Morgan fingerprint density at radius 1 is 1.18 bits per heavy atom. The lowest BCUT2D eigenvalue weighted by Gasteiger charge is -2.16. The van der Waals surface area contributed by atoms with Crippen LogP contribution in [0.25, 0.3) is 0 Å². The lowest BCUT2D eigenvalue weighted by atomic mass is 10.3. The summed E-state index contributed by atoms with van der Waals surface area (Å²) in [5, 5.41) is 1.93. The molecule has 0 bridgehead atoms. The lowest BCUT2D eigenvalue weighted by Crippen LogP contribution is -2.43. The summed E-state index contributed by atoms with van der Waals surface area (Å²) in [6, 6.07) is -0.385. The van der Waals surface area contributed by atoms with E-state index < -0.39 is 61.9 Å². The van der Waals surface area contributed by atoms with Gasteiger partial charge in [-0.1, -0.05) is 0 Å². The highest BCUT2D eigenvalue weighted by atomic mass is 32.2. The topological polar surface area (TPSA) is 80.2 Å². The van der Waals surface area contributed by atoms with Crippen LogP contribution in [0, 0.1) is 17.5 Å². The van der Waals surface area contributed by atoms with Crippen LogP contribution < -0.4 is 10.0 Å². The van der Waals surface area contributed by atoms with Gasteiger partial charge in [-0.3, -0.25) is 4.79 Å². The fourth-order valence-electron chi connectivity index (χ4n) is 2.15. The minimum Gasteiger partial charge on any atom is -0.343 e. The maximum atomic E-state index is 14.5. The molecule has 2 aromatic rings. The van der Waals surface area contributed by atoms with E-state index in [4.69, 9.17) is 0 Å². The molecule has 0 aliphatic rings. The van der Waals surface area contributed by atoms with Crippen molar-refractivity contribution in [1.29, 1.82) is 0 Å². The van der Waals surface area contributed by atoms with E-state index in [-0.39, 0.29) is 0 Å². The van der Waals surface area contributed by atoms with Crippen LogP contribution in [0.4, 0.5) is 32.0 Å². The quantitative estimate of drug-likeness (QED) is 0.718. The number of benzene rings is 1. The first-order chi connectivity index (χ1) is 12.7. The Hall–Kier alpha value is -2.54. The van der Waals surface area contributed by atoms with E-state index in [1.165, 1.54) is 4.72 Å². The predicted molar refractivity (Wildman–Crippen MR) is 85.5 cm³/mol. The average Bonchev–Trinajstić information content (AvgIpc) is 2.84. The number of carbonyl (C=O) groups excluding carboxylic acids is 1. The third kappa shape index (κ3) is 4.47. The Morgan fingerprint density at radius 3 is 2.32 bits per heavy atom. The second-order valence-electron chi connectivity index (χ2n) is 5.73. The molecule has 2 N–H and O–H groups in total. The van der Waals surface area contributed by atoms with Crippen LogP contribution in [0.15, 0.2) is 29.3 Å². The van der Waals surface area contributed by atoms with Gasteiger partial charge in [0.15, 0.2) is 5.82 Å². The van der Waals surface area contributed by atoms with Crippen molar-refractivity contribution >= 4 is 21.6 Å². The summed E-state index contributed by atoms with van der Waals surface area (Å²) in [6.45, 7) is 0.517. The Bertz CT molecular complexity index is 1020. The molecule has 154 valence electrons. The molecule has 28 heavy (non-hydrogen) atoms. The molecule has 0 saturated carbocycles. The number of anilines is 1. The molecule has 6 nitrogen and oxygen atoms in total. The molecule has 1 amide bonds. The molecule has 1 aromatic heterocycles. The van der Waals surface area contributed by atoms with Crippen molar-refractivity contribution in [2.75, 3.05) is 5.32 Å². The monoisotopic (exact) mass is 429 g/mol. The summed E-state index contributed by atoms with van der Waals surface area (Å²) in [7, 11) is -3.90. The number of aryl methyl sites for hydroxylation is 1. The summed E-state index contributed by atoms with van der Waals surface area (Å²) >= 11 is 0. The van der Waals surface area contributed by atoms with Gasteiger partial charge < -0.3 is 9.88 Å². The van der Waals surface area contributed by atoms with Crippen LogP contribution in [0.1, 0.15) is 17.4 Å². The van der Waals surface area contributed by atoms with Crippen LogP contribution in [0.3, 0.4) is 0 Å². The molecular formula is C15H13F6N3O3S. The zero-order valence-corrected chi connectivity index (χ0v) is 15.1. The number of carbonyl (C=O) groups is 1. The van der Waals surface area contributed by atoms with Crippen LogP contribution in [-0.4, -0.2) is 31.1 Å². The van der Waals surface area contributed by atoms with Gasteiger partial charge in [0.25, 0.3) is 5.91 Å². The molecule has 0 radical (unpaired) electrons. The van der Waals surface area contributed by atoms with Crippen LogP contribution in [0.2, 0.25) is 0 Å². The Labute approximate surface area is 155 Å². The van der Waals surface area contributed by atoms with E-state index in [1.54, 1.807) is 0 Å². The van der Waals surface area contributed by atoms with Gasteiger partial charge in [-0.05, 0) is 19.1 Å². The van der Waals surface area contributed by atoms with E-state index in [0.29, 0.717) is 23.8 Å². The van der Waals surface area contributed by atoms with E-state index in [1.807, 2.05) is 5.32 Å². The molecule has 1 heterocycles. The van der Waals surface area contributed by atoms with Crippen LogP contribution in [0.5, 0.6) is 0 Å². The second-order valence-corrected chi connectivity index (χ2v) is 7.41. The summed E-state index contributed by atoms with van der Waals surface area (Å²) < 4.78 is 105. The number of aromatic nitrogens is 1. The number of hydrogen-bond donors (Lipinski definition) is 2. The molecule has 0 fully saturated rings. The van der Waals surface area contributed by atoms with E-state index in [0.717, 1.165) is 19.2 Å². The number of nitrogens with one attached hydrogen (secondary N) is 2. The Kier molecular flexibility index (Phi) is 5.80. The van der Waals surface area contributed by atoms with Gasteiger partial charge in [0.1, 0.15) is 28.3 Å². The fraction of sp³-hybridized carbons (Fsp3) is 0.267. The average molecular weight is 429 g/mol. The van der Waals surface area contributed by atoms with Crippen LogP contribution >= 0.6 is 0 Å². The van der Waals surface area contributed by atoms with Crippen molar-refractivity contribution in [3.63, 3.8) is 0 Å². The molecule has 2 rings (SSSR count). The number of amides is 1. The minimum atomic E-state index is -4.96. The van der Waals surface area contributed by atoms with E-state index >= 15 is 0 Å². The largest absolute Gasteiger partial charge is 0.404 e. The predicted octanol–water partition coefficient (Wildman–Crippen LogP) is 2.92. The number of alkyl halides is 3. The van der Waals surface area contributed by atoms with Crippen molar-refractivity contribution in [2.45, 2.75) is 24.0 Å². The standard InChI is InChI=1S/C15H13F6N3O3S/c1-7(15(19,20)21)23-28(26,27)11-6-24(2)13(12(11)18)14(25)22-10-4-3-8(16)5-9(10)17/h3-7,23H,1-2H3,(H,22,25)/t7-/m1/s1. The number of sulfonamides is 1. The molecule has 0 unspecified atom stereocenters. The maximum absolute atomic E-state index is 14.5. The Balaban J connectivity index is 2.36. The number of rotatable bonds is 5. The first-order valence-corrected chi connectivity index (χ1v) is 8.92. The first kappa shape index (κ1) is 21.8. The summed E-state index contributed by atoms with van der Waals surface area (Å²) in [5.74, 6) is -5.03. The van der Waals surface area contributed by atoms with Crippen molar-refractivity contribution in [3.05, 3.63) is 47.5 Å². The number of halogens is 6. The van der Waals surface area contributed by atoms with Gasteiger partial charge in [0, 0.05) is 19.3 Å². The molecule has 0 saturated heterocycles. The first-order valence-electron chi connectivity index (χ1n) is 7.44. The van der Waals surface area contributed by atoms with Crippen molar-refractivity contribution in [3.8, 4) is 0 Å². The summed E-state index contributed by atoms with van der Waals surface area (Å²) in [4.78, 5) is 11.0. The lowest BCUT2D eigenvalue weighted by molar-refractivity contribution is -0.147. The van der Waals surface area contributed by atoms with E-state index in [9.17, 15) is 39.6 Å². The SMILES string of the molecule is C[C@@H](NS(=O)(=O)c1cn(C)c(C(=O)Nc2ccc(F)cc2F)c1F)C(F)(F)F. The van der Waals surface area contributed by atoms with Crippen molar-refractivity contribution in [1.82, 2.24) is 9.29 Å². The highest BCUT2D eigenvalue weighted by Gasteiger charge is 2.40. The van der Waals surface area contributed by atoms with Gasteiger partial charge in [-0.2, -0.15) is 17.9 Å². The summed E-state index contributed by atoms with van der Waals surface area (Å²) in [5.41, 5.74) is -1.40. The molecule has 1 aromatic carbocycles. The fourth-order valence-corrected chi connectivity index (χ4v) is 3.51. The highest BCUT2D eigenvalue weighted by molar-refractivity contribution is 7.89. The number of hydrogen-bond acceptors (Lipinski definition) is 3. The molecule has 13 heteroatoms. The van der Waals surface area contributed by atoms with Gasteiger partial charge >= 0.3 is 6.18 Å². The molecular weight excluding hydrogens is 416 g/mol. The third-order valence-electron chi connectivity index (χ3n) is 3.59. The van der Waals surface area contributed by atoms with Crippen molar-refractivity contribution < 1.29 is 39.6 Å². The van der Waals surface area contributed by atoms with E-state index in [2.05, 4.69) is 0 Å². The normalized spacial score (nSPS) is 13.4. The smallest absolute Gasteiger partial charge is 0.343 e. The zero-order valence-electron chi connectivity index (χ0n) is 14.2. The second kappa shape index (κ2) is 7.47. The Morgan fingerprint density at radius 2 is 1.79 bits per heavy atom. The van der Waals surface area contributed by atoms with Gasteiger partial charge in [-0.15, -0.1) is 0 Å². The number of nitrogens with zero attached hydrogens (tertiary/aromatic N) is 1. The molecule has 0 aliphatic heterocycles. The van der Waals surface area contributed by atoms with Gasteiger partial charge in [-0.25, -0.2) is 21.6 Å². The highest BCUT2D eigenvalue weighted by Crippen LogP contribution is 2.25. The van der Waals surface area contributed by atoms with Crippen molar-refractivity contribution in [2.24, 2.45) is 7.05 Å². The van der Waals surface area contributed by atoms with Gasteiger partial charge in [0.05, 0.1) is 5.69 Å². The van der Waals surface area contributed by atoms with Crippen LogP contribution in [-0.2, 0) is 17.1 Å². The maximum Gasteiger partial charge on any atom is 0.404 e. The molecule has 0 spiro atoms. The third-order valence-corrected chi connectivity index (χ3v) is 5.12. The molecule has 0 aliphatic carbocycles. The zero-order chi connectivity index (χ0) is 21.4. The molecule has 1 atom stereocenters. The minimum absolute atomic E-state index is 0.454.